The number of nitrogens with two attached hydrogens (primary N) is 1. The molecular weight excluding hydrogens is 236 g/mol. The molecule has 1 unspecified atom stereocenters. The maximum absolute atomic E-state index is 12.1. The van der Waals surface area contributed by atoms with E-state index in [0.29, 0.717) is 12.4 Å². The van der Waals surface area contributed by atoms with E-state index in [1.54, 1.807) is 0 Å². The highest BCUT2D eigenvalue weighted by Crippen LogP contribution is 2.22. The van der Waals surface area contributed by atoms with Crippen LogP contribution in [0.4, 0.5) is 0 Å². The lowest BCUT2D eigenvalue weighted by Crippen LogP contribution is -2.43. The standard InChI is InChI=1S/C12H24N2O2S/c13-16-8-11(9-17)14-12(15)10-6-4-2-1-3-5-7-10/h10-11,17H,1-9,13H2,(H,14,15). The van der Waals surface area contributed by atoms with Gasteiger partial charge in [0.1, 0.15) is 0 Å². The fourth-order valence-electron chi connectivity index (χ4n) is 2.29. The van der Waals surface area contributed by atoms with Crippen molar-refractivity contribution in [2.75, 3.05) is 12.4 Å². The molecule has 0 heterocycles. The van der Waals surface area contributed by atoms with Gasteiger partial charge in [0, 0.05) is 11.7 Å². The first-order valence-corrected chi connectivity index (χ1v) is 7.14. The summed E-state index contributed by atoms with van der Waals surface area (Å²) in [6.07, 6.45) is 8.17. The highest BCUT2D eigenvalue weighted by molar-refractivity contribution is 7.80. The Morgan fingerprint density at radius 2 is 1.88 bits per heavy atom. The Labute approximate surface area is 109 Å². The molecule has 1 aliphatic carbocycles. The monoisotopic (exact) mass is 260 g/mol. The van der Waals surface area contributed by atoms with Crippen molar-refractivity contribution in [3.05, 3.63) is 0 Å². The lowest BCUT2D eigenvalue weighted by molar-refractivity contribution is -0.126. The highest BCUT2D eigenvalue weighted by Gasteiger charge is 2.21. The first-order valence-electron chi connectivity index (χ1n) is 6.51. The minimum atomic E-state index is -0.0822. The van der Waals surface area contributed by atoms with Crippen LogP contribution in [0.3, 0.4) is 0 Å². The van der Waals surface area contributed by atoms with Crippen LogP contribution in [-0.4, -0.2) is 24.3 Å². The van der Waals surface area contributed by atoms with Crippen molar-refractivity contribution in [1.29, 1.82) is 0 Å². The zero-order chi connectivity index (χ0) is 12.5. The summed E-state index contributed by atoms with van der Waals surface area (Å²) < 4.78 is 0. The Hall–Kier alpha value is -0.260. The second-order valence-corrected chi connectivity index (χ2v) is 5.13. The van der Waals surface area contributed by atoms with E-state index in [4.69, 9.17) is 5.90 Å². The van der Waals surface area contributed by atoms with Crippen molar-refractivity contribution in [1.82, 2.24) is 5.32 Å². The lowest BCUT2D eigenvalue weighted by Gasteiger charge is -2.22. The van der Waals surface area contributed by atoms with Crippen molar-refractivity contribution in [2.24, 2.45) is 11.8 Å². The largest absolute Gasteiger partial charge is 0.350 e. The van der Waals surface area contributed by atoms with E-state index in [2.05, 4.69) is 22.8 Å². The van der Waals surface area contributed by atoms with Gasteiger partial charge in [-0.25, -0.2) is 5.90 Å². The molecule has 0 aromatic carbocycles. The minimum Gasteiger partial charge on any atom is -0.350 e. The average Bonchev–Trinajstić information content (AvgIpc) is 2.27. The Kier molecular flexibility index (Phi) is 7.64. The molecule has 1 amide bonds. The van der Waals surface area contributed by atoms with Gasteiger partial charge < -0.3 is 10.2 Å². The molecule has 4 nitrogen and oxygen atoms in total. The molecule has 0 saturated heterocycles. The van der Waals surface area contributed by atoms with Gasteiger partial charge in [-0.15, -0.1) is 0 Å². The number of carbonyl (C=O) groups excluding carboxylic acids is 1. The molecule has 3 N–H and O–H groups in total. The third kappa shape index (κ3) is 5.75. The van der Waals surface area contributed by atoms with Gasteiger partial charge in [0.2, 0.25) is 5.91 Å². The molecule has 0 aliphatic heterocycles. The van der Waals surface area contributed by atoms with Crippen molar-refractivity contribution in [3.63, 3.8) is 0 Å². The molecule has 1 saturated carbocycles. The lowest BCUT2D eigenvalue weighted by atomic mass is 9.90. The first kappa shape index (κ1) is 14.8. The molecule has 0 bridgehead atoms. The summed E-state index contributed by atoms with van der Waals surface area (Å²) in [6.45, 7) is 0.321. The van der Waals surface area contributed by atoms with Gasteiger partial charge in [-0.2, -0.15) is 12.6 Å². The number of thiol groups is 1. The predicted molar refractivity (Wildman–Crippen MR) is 71.7 cm³/mol. The number of carbonyl (C=O) groups is 1. The van der Waals surface area contributed by atoms with Gasteiger partial charge in [-0.1, -0.05) is 32.1 Å². The number of hydrogen-bond acceptors (Lipinski definition) is 4. The normalized spacial score (nSPS) is 20.4. The maximum Gasteiger partial charge on any atom is 0.223 e. The molecular formula is C12H24N2O2S. The second kappa shape index (κ2) is 8.78. The van der Waals surface area contributed by atoms with Crippen molar-refractivity contribution in [3.8, 4) is 0 Å². The van der Waals surface area contributed by atoms with Crippen LogP contribution in [-0.2, 0) is 9.63 Å². The van der Waals surface area contributed by atoms with E-state index in [-0.39, 0.29) is 17.9 Å². The van der Waals surface area contributed by atoms with Gasteiger partial charge in [0.05, 0.1) is 12.6 Å². The van der Waals surface area contributed by atoms with Crippen LogP contribution >= 0.6 is 12.6 Å². The third-order valence-corrected chi connectivity index (χ3v) is 3.78. The second-order valence-electron chi connectivity index (χ2n) is 4.76. The molecule has 0 spiro atoms. The van der Waals surface area contributed by atoms with Crippen LogP contribution in [0.15, 0.2) is 0 Å². The summed E-state index contributed by atoms with van der Waals surface area (Å²) in [5, 5.41) is 2.97. The van der Waals surface area contributed by atoms with E-state index < -0.39 is 0 Å². The number of rotatable bonds is 5. The van der Waals surface area contributed by atoms with Crippen molar-refractivity contribution in [2.45, 2.75) is 51.0 Å². The van der Waals surface area contributed by atoms with Crippen LogP contribution in [0.5, 0.6) is 0 Å². The highest BCUT2D eigenvalue weighted by atomic mass is 32.1. The molecule has 0 aromatic rings. The summed E-state index contributed by atoms with van der Waals surface area (Å²) in [5.74, 6) is 5.87. The van der Waals surface area contributed by atoms with E-state index >= 15 is 0 Å². The Bertz CT molecular complexity index is 219. The number of amides is 1. The van der Waals surface area contributed by atoms with E-state index in [1.807, 2.05) is 0 Å². The van der Waals surface area contributed by atoms with Gasteiger partial charge in [-0.3, -0.25) is 4.79 Å². The van der Waals surface area contributed by atoms with Crippen molar-refractivity contribution >= 4 is 18.5 Å². The Balaban J connectivity index is 2.37. The van der Waals surface area contributed by atoms with Crippen molar-refractivity contribution < 1.29 is 9.63 Å². The summed E-state index contributed by atoms with van der Waals surface area (Å²) in [6, 6.07) is -0.0822. The van der Waals surface area contributed by atoms with Crippen LogP contribution in [0.2, 0.25) is 0 Å². The smallest absolute Gasteiger partial charge is 0.223 e. The fraction of sp³-hybridized carbons (Fsp3) is 0.917. The Morgan fingerprint density at radius 1 is 1.29 bits per heavy atom. The van der Waals surface area contributed by atoms with E-state index in [9.17, 15) is 4.79 Å². The summed E-state index contributed by atoms with van der Waals surface area (Å²) >= 11 is 4.18. The molecule has 100 valence electrons. The summed E-state index contributed by atoms with van der Waals surface area (Å²) in [7, 11) is 0. The SMILES string of the molecule is NOCC(CS)NC(=O)C1CCCCCCC1. The third-order valence-electron chi connectivity index (χ3n) is 3.34. The molecule has 1 atom stereocenters. The molecule has 1 fully saturated rings. The fourth-order valence-corrected chi connectivity index (χ4v) is 2.49. The van der Waals surface area contributed by atoms with E-state index in [0.717, 1.165) is 25.7 Å². The average molecular weight is 260 g/mol. The number of nitrogens with one attached hydrogen (secondary N) is 1. The predicted octanol–water partition coefficient (Wildman–Crippen LogP) is 1.65. The van der Waals surface area contributed by atoms with Gasteiger partial charge in [0.15, 0.2) is 0 Å². The quantitative estimate of drug-likeness (QED) is 0.520. The zero-order valence-corrected chi connectivity index (χ0v) is 11.3. The molecule has 1 rings (SSSR count). The maximum atomic E-state index is 12.1. The summed E-state index contributed by atoms with van der Waals surface area (Å²) in [4.78, 5) is 16.6. The van der Waals surface area contributed by atoms with Crippen LogP contribution in [0, 0.1) is 5.92 Å². The number of hydrogen-bond donors (Lipinski definition) is 3. The molecule has 0 radical (unpaired) electrons. The molecule has 17 heavy (non-hydrogen) atoms. The van der Waals surface area contributed by atoms with Gasteiger partial charge in [-0.05, 0) is 12.8 Å². The van der Waals surface area contributed by atoms with Crippen LogP contribution in [0.1, 0.15) is 44.9 Å². The minimum absolute atomic E-state index is 0.0822. The van der Waals surface area contributed by atoms with Gasteiger partial charge in [0.25, 0.3) is 0 Å². The van der Waals surface area contributed by atoms with Crippen LogP contribution < -0.4 is 11.2 Å². The zero-order valence-electron chi connectivity index (χ0n) is 10.4. The topological polar surface area (TPSA) is 64.3 Å². The molecule has 5 heteroatoms. The van der Waals surface area contributed by atoms with E-state index in [1.165, 1.54) is 19.3 Å². The van der Waals surface area contributed by atoms with Gasteiger partial charge >= 0.3 is 0 Å². The summed E-state index contributed by atoms with van der Waals surface area (Å²) in [5.41, 5.74) is 0. The molecule has 1 aliphatic rings. The first-order chi connectivity index (χ1) is 8.27. The molecule has 0 aromatic heterocycles. The van der Waals surface area contributed by atoms with Crippen LogP contribution in [0.25, 0.3) is 0 Å². The Morgan fingerprint density at radius 3 is 2.41 bits per heavy atom.